The Labute approximate surface area is 136 Å². The predicted octanol–water partition coefficient (Wildman–Crippen LogP) is 3.09. The van der Waals surface area contributed by atoms with Crippen molar-refractivity contribution in [1.82, 2.24) is 20.4 Å². The van der Waals surface area contributed by atoms with E-state index < -0.39 is 0 Å². The van der Waals surface area contributed by atoms with Crippen LogP contribution in [0, 0.1) is 0 Å². The van der Waals surface area contributed by atoms with Gasteiger partial charge in [0.15, 0.2) is 0 Å². The van der Waals surface area contributed by atoms with Gasteiger partial charge in [0.25, 0.3) is 0 Å². The van der Waals surface area contributed by atoms with Gasteiger partial charge in [0.05, 0.1) is 5.92 Å². The molecule has 0 amide bonds. The average Bonchev–Trinajstić information content (AvgIpc) is 3.13. The highest BCUT2D eigenvalue weighted by atomic mass is 79.9. The van der Waals surface area contributed by atoms with E-state index in [-0.39, 0.29) is 0 Å². The van der Waals surface area contributed by atoms with Crippen LogP contribution in [0.15, 0.2) is 27.5 Å². The lowest BCUT2D eigenvalue weighted by atomic mass is 10.0. The van der Waals surface area contributed by atoms with Gasteiger partial charge >= 0.3 is 0 Å². The summed E-state index contributed by atoms with van der Waals surface area (Å²) in [5.41, 5.74) is 0.864. The normalized spacial score (nSPS) is 21.8. The molecule has 2 aromatic rings. The molecule has 2 atom stereocenters. The quantitative estimate of drug-likeness (QED) is 0.874. The summed E-state index contributed by atoms with van der Waals surface area (Å²) < 4.78 is 6.40. The van der Waals surface area contributed by atoms with Gasteiger partial charge in [-0.05, 0) is 35.0 Å². The summed E-state index contributed by atoms with van der Waals surface area (Å²) in [4.78, 5) is 8.71. The predicted molar refractivity (Wildman–Crippen MR) is 87.4 cm³/mol. The molecule has 0 aliphatic carbocycles. The minimum absolute atomic E-state index is 0.294. The van der Waals surface area contributed by atoms with Crippen LogP contribution in [0.25, 0.3) is 11.4 Å². The van der Waals surface area contributed by atoms with Gasteiger partial charge in [0, 0.05) is 40.0 Å². The summed E-state index contributed by atoms with van der Waals surface area (Å²) in [6.07, 6.45) is 4.62. The first-order chi connectivity index (χ1) is 10.3. The smallest absolute Gasteiger partial charge is 0.232 e. The number of hydrogen-bond donors (Lipinski definition) is 1. The standard InChI is InChI=1S/C14H17BrN4OS/c1-2-3-17-12-8-21-7-11(12)14-18-13(19-20-14)9-4-10(15)6-16-5-9/h4-6,11-12,17H,2-3,7-8H2,1H3. The van der Waals surface area contributed by atoms with Gasteiger partial charge in [0.2, 0.25) is 11.7 Å². The topological polar surface area (TPSA) is 63.8 Å². The number of nitrogens with zero attached hydrogens (tertiary/aromatic N) is 3. The summed E-state index contributed by atoms with van der Waals surface area (Å²) >= 11 is 5.34. The van der Waals surface area contributed by atoms with Gasteiger partial charge in [-0.25, -0.2) is 0 Å². The Bertz CT molecular complexity index is 606. The molecule has 7 heteroatoms. The number of nitrogens with one attached hydrogen (secondary N) is 1. The van der Waals surface area contributed by atoms with Crippen LogP contribution in [0.4, 0.5) is 0 Å². The maximum absolute atomic E-state index is 5.50. The average molecular weight is 369 g/mol. The van der Waals surface area contributed by atoms with Gasteiger partial charge in [0.1, 0.15) is 0 Å². The Balaban J connectivity index is 1.78. The number of pyridine rings is 1. The number of hydrogen-bond acceptors (Lipinski definition) is 6. The molecule has 5 nitrogen and oxygen atoms in total. The van der Waals surface area contributed by atoms with E-state index in [9.17, 15) is 0 Å². The molecule has 1 fully saturated rings. The molecule has 0 bridgehead atoms. The molecule has 3 heterocycles. The van der Waals surface area contributed by atoms with Gasteiger partial charge in [-0.1, -0.05) is 12.1 Å². The fourth-order valence-electron chi connectivity index (χ4n) is 2.37. The van der Waals surface area contributed by atoms with E-state index in [1.54, 1.807) is 12.4 Å². The van der Waals surface area contributed by atoms with E-state index in [2.05, 4.69) is 43.3 Å². The van der Waals surface area contributed by atoms with Crippen molar-refractivity contribution in [3.63, 3.8) is 0 Å². The molecule has 0 spiro atoms. The third-order valence-corrected chi connectivity index (χ3v) is 5.08. The lowest BCUT2D eigenvalue weighted by molar-refractivity contribution is 0.339. The lowest BCUT2D eigenvalue weighted by Gasteiger charge is -2.16. The Hall–Kier alpha value is -0.920. The minimum atomic E-state index is 0.294. The Morgan fingerprint density at radius 2 is 2.33 bits per heavy atom. The van der Waals surface area contributed by atoms with E-state index in [0.717, 1.165) is 40.4 Å². The second-order valence-corrected chi connectivity index (χ2v) is 7.04. The maximum Gasteiger partial charge on any atom is 0.232 e. The second kappa shape index (κ2) is 6.89. The van der Waals surface area contributed by atoms with Gasteiger partial charge in [-0.15, -0.1) is 0 Å². The molecule has 21 heavy (non-hydrogen) atoms. The van der Waals surface area contributed by atoms with Crippen LogP contribution < -0.4 is 5.32 Å². The zero-order valence-electron chi connectivity index (χ0n) is 11.8. The molecule has 1 aliphatic rings. The zero-order chi connectivity index (χ0) is 14.7. The molecule has 2 aromatic heterocycles. The fourth-order valence-corrected chi connectivity index (χ4v) is 4.10. The lowest BCUT2D eigenvalue weighted by Crippen LogP contribution is -2.34. The summed E-state index contributed by atoms with van der Waals surface area (Å²) in [5.74, 6) is 3.75. The molecule has 0 aromatic carbocycles. The number of halogens is 1. The molecule has 1 saturated heterocycles. The first kappa shape index (κ1) is 15.0. The Morgan fingerprint density at radius 3 is 3.14 bits per heavy atom. The summed E-state index contributed by atoms with van der Waals surface area (Å²) in [7, 11) is 0. The first-order valence-electron chi connectivity index (χ1n) is 7.03. The third-order valence-electron chi connectivity index (χ3n) is 3.46. The van der Waals surface area contributed by atoms with Gasteiger partial charge in [-0.2, -0.15) is 16.7 Å². The summed E-state index contributed by atoms with van der Waals surface area (Å²) in [6, 6.07) is 2.36. The molecule has 112 valence electrons. The summed E-state index contributed by atoms with van der Waals surface area (Å²) in [5, 5.41) is 7.67. The summed E-state index contributed by atoms with van der Waals surface area (Å²) in [6.45, 7) is 3.20. The van der Waals surface area contributed by atoms with Crippen LogP contribution in [-0.4, -0.2) is 39.2 Å². The largest absolute Gasteiger partial charge is 0.339 e. The molecule has 0 saturated carbocycles. The van der Waals surface area contributed by atoms with Crippen molar-refractivity contribution in [2.75, 3.05) is 18.1 Å². The highest BCUT2D eigenvalue weighted by Crippen LogP contribution is 2.33. The van der Waals surface area contributed by atoms with E-state index in [0.29, 0.717) is 17.8 Å². The van der Waals surface area contributed by atoms with Crippen molar-refractivity contribution in [3.8, 4) is 11.4 Å². The number of rotatable bonds is 5. The van der Waals surface area contributed by atoms with E-state index >= 15 is 0 Å². The van der Waals surface area contributed by atoms with Crippen molar-refractivity contribution < 1.29 is 4.52 Å². The number of thioether (sulfide) groups is 1. The molecule has 1 N–H and O–H groups in total. The van der Waals surface area contributed by atoms with E-state index in [1.807, 2.05) is 17.8 Å². The van der Waals surface area contributed by atoms with Gasteiger partial charge < -0.3 is 9.84 Å². The van der Waals surface area contributed by atoms with Crippen molar-refractivity contribution in [2.45, 2.75) is 25.3 Å². The van der Waals surface area contributed by atoms with Crippen molar-refractivity contribution in [3.05, 3.63) is 28.8 Å². The number of aromatic nitrogens is 3. The second-order valence-electron chi connectivity index (χ2n) is 5.05. The minimum Gasteiger partial charge on any atom is -0.339 e. The molecule has 0 radical (unpaired) electrons. The first-order valence-corrected chi connectivity index (χ1v) is 8.98. The SMILES string of the molecule is CCCNC1CSCC1c1nc(-c2cncc(Br)c2)no1. The van der Waals surface area contributed by atoms with Crippen LogP contribution in [0.5, 0.6) is 0 Å². The third kappa shape index (κ3) is 3.46. The van der Waals surface area contributed by atoms with Crippen LogP contribution >= 0.6 is 27.7 Å². The van der Waals surface area contributed by atoms with E-state index in [4.69, 9.17) is 4.52 Å². The van der Waals surface area contributed by atoms with Crippen LogP contribution in [0.1, 0.15) is 25.2 Å². The van der Waals surface area contributed by atoms with Crippen LogP contribution in [-0.2, 0) is 0 Å². The van der Waals surface area contributed by atoms with E-state index in [1.165, 1.54) is 0 Å². The van der Waals surface area contributed by atoms with Crippen molar-refractivity contribution in [2.24, 2.45) is 0 Å². The molecular formula is C14H17BrN4OS. The van der Waals surface area contributed by atoms with Crippen LogP contribution in [0.2, 0.25) is 0 Å². The maximum atomic E-state index is 5.50. The molecule has 3 rings (SSSR count). The Morgan fingerprint density at radius 1 is 1.43 bits per heavy atom. The highest BCUT2D eigenvalue weighted by Gasteiger charge is 2.33. The fraction of sp³-hybridized carbons (Fsp3) is 0.500. The zero-order valence-corrected chi connectivity index (χ0v) is 14.2. The Kier molecular flexibility index (Phi) is 4.92. The molecular weight excluding hydrogens is 352 g/mol. The van der Waals surface area contributed by atoms with Crippen LogP contribution in [0.3, 0.4) is 0 Å². The molecule has 1 aliphatic heterocycles. The van der Waals surface area contributed by atoms with Crippen molar-refractivity contribution >= 4 is 27.7 Å². The van der Waals surface area contributed by atoms with Crippen molar-refractivity contribution in [1.29, 1.82) is 0 Å². The highest BCUT2D eigenvalue weighted by molar-refractivity contribution is 9.10. The monoisotopic (exact) mass is 368 g/mol. The van der Waals surface area contributed by atoms with Gasteiger partial charge in [-0.3, -0.25) is 4.98 Å². The molecule has 2 unspecified atom stereocenters.